The minimum atomic E-state index is -0.826. The molecule has 1 heterocycles. The minimum absolute atomic E-state index is 0.137. The van der Waals surface area contributed by atoms with Gasteiger partial charge in [0.05, 0.1) is 0 Å². The van der Waals surface area contributed by atoms with Crippen LogP contribution in [0.25, 0.3) is 5.70 Å². The summed E-state index contributed by atoms with van der Waals surface area (Å²) in [6, 6.07) is 20.5. The molecule has 2 aromatic carbocycles. The predicted molar refractivity (Wildman–Crippen MR) is 124 cm³/mol. The number of nitrogens with two attached hydrogens (primary N) is 1. The van der Waals surface area contributed by atoms with Crippen LogP contribution in [0.4, 0.5) is 0 Å². The van der Waals surface area contributed by atoms with Gasteiger partial charge in [0.2, 0.25) is 5.91 Å². The van der Waals surface area contributed by atoms with Crippen LogP contribution in [0, 0.1) is 12.8 Å². The van der Waals surface area contributed by atoms with Gasteiger partial charge in [-0.2, -0.15) is 0 Å². The molecule has 1 saturated carbocycles. The molecule has 0 radical (unpaired) electrons. The summed E-state index contributed by atoms with van der Waals surface area (Å²) in [7, 11) is 0. The topological polar surface area (TPSA) is 51.9 Å². The average Bonchev–Trinajstić information content (AvgIpc) is 3.42. The van der Waals surface area contributed by atoms with Crippen LogP contribution in [0.5, 0.6) is 0 Å². The molecule has 1 fully saturated rings. The molecular weight excluding hydrogens is 382 g/mol. The van der Waals surface area contributed by atoms with Crippen LogP contribution in [0.15, 0.2) is 79.1 Å². The van der Waals surface area contributed by atoms with Gasteiger partial charge < -0.3 is 5.73 Å². The second kappa shape index (κ2) is 8.54. The number of hydrogen-bond acceptors (Lipinski definition) is 1. The summed E-state index contributed by atoms with van der Waals surface area (Å²) < 4.78 is 4.60. The normalized spacial score (nSPS) is 19.5. The molecule has 0 saturated heterocycles. The monoisotopic (exact) mass is 414 g/mol. The summed E-state index contributed by atoms with van der Waals surface area (Å²) >= 11 is 0. The number of nitrogens with zero attached hydrogens (tertiary/aromatic N) is 2. The van der Waals surface area contributed by atoms with E-state index in [1.807, 2.05) is 36.4 Å². The maximum Gasteiger partial charge on any atom is 0.258 e. The number of benzene rings is 2. The van der Waals surface area contributed by atoms with Gasteiger partial charge in [-0.3, -0.25) is 4.79 Å². The molecule has 1 amide bonds. The van der Waals surface area contributed by atoms with Crippen molar-refractivity contribution in [3.8, 4) is 0 Å². The van der Waals surface area contributed by atoms with E-state index in [1.54, 1.807) is 0 Å². The Labute approximate surface area is 185 Å². The standard InChI is InChI=1S/C27H31N3O/c1-4-20(2)29-17-18-30(21(29)3)25-16-15-24(19-25)27(26(28)31,22-11-7-5-8-12-22)23-13-9-6-10-14-23/h4-14,17-18,24-25H,15-16,19H2,1-3H3,(H-,28,31)/p+1/t24-,25+/m1/s1. The van der Waals surface area contributed by atoms with Crippen LogP contribution < -0.4 is 10.3 Å². The maximum atomic E-state index is 13.3. The third kappa shape index (κ3) is 3.50. The van der Waals surface area contributed by atoms with E-state index in [4.69, 9.17) is 5.73 Å². The van der Waals surface area contributed by atoms with E-state index in [0.29, 0.717) is 6.04 Å². The highest BCUT2D eigenvalue weighted by molar-refractivity contribution is 5.91. The number of rotatable bonds is 6. The van der Waals surface area contributed by atoms with Gasteiger partial charge in [-0.15, -0.1) is 0 Å². The molecule has 160 valence electrons. The Morgan fingerprint density at radius 1 is 1.06 bits per heavy atom. The van der Waals surface area contributed by atoms with Crippen molar-refractivity contribution in [2.24, 2.45) is 11.7 Å². The lowest BCUT2D eigenvalue weighted by Crippen LogP contribution is -2.48. The van der Waals surface area contributed by atoms with Gasteiger partial charge in [0.15, 0.2) is 0 Å². The Hall–Kier alpha value is -3.14. The molecule has 0 aliphatic heterocycles. The van der Waals surface area contributed by atoms with Gasteiger partial charge in [0, 0.05) is 6.92 Å². The number of allylic oxidation sites excluding steroid dienone is 2. The zero-order valence-electron chi connectivity index (χ0n) is 18.7. The van der Waals surface area contributed by atoms with Crippen molar-refractivity contribution in [3.63, 3.8) is 0 Å². The summed E-state index contributed by atoms with van der Waals surface area (Å²) in [6.07, 6.45) is 9.33. The van der Waals surface area contributed by atoms with E-state index in [2.05, 4.69) is 72.6 Å². The van der Waals surface area contributed by atoms with Gasteiger partial charge in [-0.05, 0) is 56.2 Å². The van der Waals surface area contributed by atoms with Crippen molar-refractivity contribution in [3.05, 3.63) is 96.1 Å². The van der Waals surface area contributed by atoms with E-state index < -0.39 is 5.41 Å². The largest absolute Gasteiger partial charge is 0.369 e. The first-order chi connectivity index (χ1) is 15.0. The molecule has 0 spiro atoms. The van der Waals surface area contributed by atoms with Crippen molar-refractivity contribution in [1.82, 2.24) is 4.57 Å². The summed E-state index contributed by atoms with van der Waals surface area (Å²) in [5, 5.41) is 0. The summed E-state index contributed by atoms with van der Waals surface area (Å²) in [5.41, 5.74) is 8.60. The average molecular weight is 415 g/mol. The summed E-state index contributed by atoms with van der Waals surface area (Å²) in [5.74, 6) is 1.09. The second-order valence-electron chi connectivity index (χ2n) is 8.62. The van der Waals surface area contributed by atoms with E-state index in [9.17, 15) is 4.79 Å². The lowest BCUT2D eigenvalue weighted by molar-refractivity contribution is -0.726. The Morgan fingerprint density at radius 2 is 1.65 bits per heavy atom. The van der Waals surface area contributed by atoms with Gasteiger partial charge in [0.1, 0.15) is 29.5 Å². The van der Waals surface area contributed by atoms with Crippen LogP contribution in [0.3, 0.4) is 0 Å². The molecule has 4 heteroatoms. The zero-order chi connectivity index (χ0) is 22.0. The molecule has 2 N–H and O–H groups in total. The predicted octanol–water partition coefficient (Wildman–Crippen LogP) is 4.78. The van der Waals surface area contributed by atoms with Crippen molar-refractivity contribution in [2.45, 2.75) is 51.5 Å². The molecule has 0 bridgehead atoms. The van der Waals surface area contributed by atoms with Crippen LogP contribution >= 0.6 is 0 Å². The number of hydrogen-bond donors (Lipinski definition) is 1. The molecule has 2 atom stereocenters. The van der Waals surface area contributed by atoms with Crippen molar-refractivity contribution >= 4 is 11.6 Å². The molecule has 4 rings (SSSR count). The minimum Gasteiger partial charge on any atom is -0.369 e. The number of primary amides is 1. The Kier molecular flexibility index (Phi) is 5.81. The van der Waals surface area contributed by atoms with E-state index in [1.165, 1.54) is 11.5 Å². The molecule has 1 aliphatic carbocycles. The fraction of sp³-hybridized carbons (Fsp3) is 0.333. The molecule has 3 aromatic rings. The molecule has 0 unspecified atom stereocenters. The number of aromatic nitrogens is 2. The number of carbonyl (C=O) groups excluding carboxylic acids is 1. The highest BCUT2D eigenvalue weighted by Crippen LogP contribution is 2.48. The quantitative estimate of drug-likeness (QED) is 0.580. The number of amides is 1. The fourth-order valence-electron chi connectivity index (χ4n) is 5.51. The summed E-state index contributed by atoms with van der Waals surface area (Å²) in [4.78, 5) is 13.3. The number of carbonyl (C=O) groups is 1. The van der Waals surface area contributed by atoms with Gasteiger partial charge in [-0.25, -0.2) is 9.13 Å². The first-order valence-electron chi connectivity index (χ1n) is 11.1. The van der Waals surface area contributed by atoms with Crippen molar-refractivity contribution < 1.29 is 9.36 Å². The third-order valence-corrected chi connectivity index (χ3v) is 7.15. The van der Waals surface area contributed by atoms with E-state index >= 15 is 0 Å². The van der Waals surface area contributed by atoms with Crippen LogP contribution in [0.2, 0.25) is 0 Å². The van der Waals surface area contributed by atoms with Crippen LogP contribution in [-0.2, 0) is 10.2 Å². The lowest BCUT2D eigenvalue weighted by Gasteiger charge is -2.37. The summed E-state index contributed by atoms with van der Waals surface area (Å²) in [6.45, 7) is 6.35. The van der Waals surface area contributed by atoms with Gasteiger partial charge in [0.25, 0.3) is 5.82 Å². The van der Waals surface area contributed by atoms with Crippen LogP contribution in [0.1, 0.15) is 56.1 Å². The molecule has 1 aliphatic rings. The second-order valence-corrected chi connectivity index (χ2v) is 8.62. The Bertz CT molecular complexity index is 1040. The van der Waals surface area contributed by atoms with Gasteiger partial charge >= 0.3 is 0 Å². The molecule has 1 aromatic heterocycles. The highest BCUT2D eigenvalue weighted by Gasteiger charge is 2.51. The Morgan fingerprint density at radius 3 is 2.16 bits per heavy atom. The van der Waals surface area contributed by atoms with Gasteiger partial charge in [-0.1, -0.05) is 60.7 Å². The first-order valence-corrected chi connectivity index (χ1v) is 11.1. The SMILES string of the molecule is CC=C(C)n1cc[n+]([C@H]2CC[C@@H](C(C(N)=O)(c3ccccc3)c3ccccc3)C2)c1C. The zero-order valence-corrected chi connectivity index (χ0v) is 18.7. The Balaban J connectivity index is 1.77. The number of imidazole rings is 1. The fourth-order valence-corrected chi connectivity index (χ4v) is 5.51. The third-order valence-electron chi connectivity index (χ3n) is 7.15. The lowest BCUT2D eigenvalue weighted by atomic mass is 9.64. The molecule has 4 nitrogen and oxygen atoms in total. The molecular formula is C27H32N3O+. The van der Waals surface area contributed by atoms with E-state index in [-0.39, 0.29) is 11.8 Å². The van der Waals surface area contributed by atoms with Crippen LogP contribution in [-0.4, -0.2) is 10.5 Å². The highest BCUT2D eigenvalue weighted by atomic mass is 16.1. The van der Waals surface area contributed by atoms with Crippen molar-refractivity contribution in [2.75, 3.05) is 0 Å². The smallest absolute Gasteiger partial charge is 0.258 e. The van der Waals surface area contributed by atoms with E-state index in [0.717, 1.165) is 30.4 Å². The first kappa shape index (κ1) is 21.1. The van der Waals surface area contributed by atoms with Crippen molar-refractivity contribution in [1.29, 1.82) is 0 Å². The molecule has 31 heavy (non-hydrogen) atoms. The maximum absolute atomic E-state index is 13.3.